The average Bonchev–Trinajstić information content (AvgIpc) is 2.62. The molecule has 0 aliphatic heterocycles. The number of methoxy groups -OCH3 is 1. The molecule has 24 heavy (non-hydrogen) atoms. The van der Waals surface area contributed by atoms with Crippen LogP contribution in [0.25, 0.3) is 0 Å². The minimum absolute atomic E-state index is 0.0498. The monoisotopic (exact) mass is 328 g/mol. The Morgan fingerprint density at radius 3 is 2.21 bits per heavy atom. The van der Waals surface area contributed by atoms with Gasteiger partial charge in [-0.25, -0.2) is 4.79 Å². The lowest BCUT2D eigenvalue weighted by atomic mass is 10.1. The van der Waals surface area contributed by atoms with Crippen molar-refractivity contribution in [3.63, 3.8) is 0 Å². The SMILES string of the molecule is COc1cccc(CCNC(=O)NCCc2ccc(CO)cc2)c1. The molecule has 0 spiro atoms. The minimum atomic E-state index is -0.162. The van der Waals surface area contributed by atoms with Crippen LogP contribution >= 0.6 is 0 Å². The van der Waals surface area contributed by atoms with Crippen molar-refractivity contribution in [2.45, 2.75) is 19.4 Å². The highest BCUT2D eigenvalue weighted by atomic mass is 16.5. The Morgan fingerprint density at radius 2 is 1.58 bits per heavy atom. The lowest BCUT2D eigenvalue weighted by Crippen LogP contribution is -2.37. The Bertz CT molecular complexity index is 641. The number of amides is 2. The number of aliphatic hydroxyl groups excluding tert-OH is 1. The van der Waals surface area contributed by atoms with E-state index in [2.05, 4.69) is 10.6 Å². The number of aliphatic hydroxyl groups is 1. The molecule has 128 valence electrons. The van der Waals surface area contributed by atoms with E-state index in [4.69, 9.17) is 9.84 Å². The van der Waals surface area contributed by atoms with Crippen LogP contribution in [0.2, 0.25) is 0 Å². The molecule has 0 heterocycles. The van der Waals surface area contributed by atoms with Crippen molar-refractivity contribution in [3.8, 4) is 5.75 Å². The molecule has 0 aliphatic rings. The van der Waals surface area contributed by atoms with Gasteiger partial charge in [-0.3, -0.25) is 0 Å². The molecule has 2 aromatic rings. The van der Waals surface area contributed by atoms with Gasteiger partial charge >= 0.3 is 6.03 Å². The summed E-state index contributed by atoms with van der Waals surface area (Å²) in [6.07, 6.45) is 1.52. The van der Waals surface area contributed by atoms with Gasteiger partial charge in [0.2, 0.25) is 0 Å². The van der Waals surface area contributed by atoms with Gasteiger partial charge in [-0.1, -0.05) is 36.4 Å². The number of hydrogen-bond acceptors (Lipinski definition) is 3. The van der Waals surface area contributed by atoms with Crippen molar-refractivity contribution in [3.05, 3.63) is 65.2 Å². The Morgan fingerprint density at radius 1 is 0.958 bits per heavy atom. The van der Waals surface area contributed by atoms with Crippen molar-refractivity contribution < 1.29 is 14.6 Å². The zero-order chi connectivity index (χ0) is 17.2. The Kier molecular flexibility index (Phi) is 7.11. The van der Waals surface area contributed by atoms with E-state index in [1.165, 1.54) is 0 Å². The van der Waals surface area contributed by atoms with Crippen LogP contribution in [-0.2, 0) is 19.4 Å². The summed E-state index contributed by atoms with van der Waals surface area (Å²) < 4.78 is 5.18. The number of benzene rings is 2. The number of hydrogen-bond donors (Lipinski definition) is 3. The molecule has 0 saturated heterocycles. The number of urea groups is 1. The van der Waals surface area contributed by atoms with Crippen molar-refractivity contribution >= 4 is 6.03 Å². The van der Waals surface area contributed by atoms with E-state index in [1.807, 2.05) is 48.5 Å². The van der Waals surface area contributed by atoms with Gasteiger partial charge in [0.25, 0.3) is 0 Å². The first-order valence-electron chi connectivity index (χ1n) is 8.04. The van der Waals surface area contributed by atoms with E-state index < -0.39 is 0 Å². The quantitative estimate of drug-likeness (QED) is 0.696. The van der Waals surface area contributed by atoms with Gasteiger partial charge in [0.05, 0.1) is 13.7 Å². The molecule has 0 unspecified atom stereocenters. The summed E-state index contributed by atoms with van der Waals surface area (Å²) in [4.78, 5) is 11.8. The van der Waals surface area contributed by atoms with Crippen LogP contribution in [0, 0.1) is 0 Å². The molecule has 2 amide bonds. The Labute approximate surface area is 142 Å². The summed E-state index contributed by atoms with van der Waals surface area (Å²) in [6, 6.07) is 15.4. The first-order chi connectivity index (χ1) is 11.7. The highest BCUT2D eigenvalue weighted by Crippen LogP contribution is 2.12. The van der Waals surface area contributed by atoms with Crippen molar-refractivity contribution in [1.29, 1.82) is 0 Å². The second-order valence-corrected chi connectivity index (χ2v) is 5.51. The largest absolute Gasteiger partial charge is 0.497 e. The maximum Gasteiger partial charge on any atom is 0.314 e. The third-order valence-corrected chi connectivity index (χ3v) is 3.74. The normalized spacial score (nSPS) is 10.2. The maximum atomic E-state index is 11.8. The number of nitrogens with one attached hydrogen (secondary N) is 2. The summed E-state index contributed by atoms with van der Waals surface area (Å²) in [6.45, 7) is 1.20. The molecule has 2 rings (SSSR count). The first kappa shape index (κ1) is 17.8. The number of ether oxygens (including phenoxy) is 1. The van der Waals surface area contributed by atoms with Crippen molar-refractivity contribution in [2.24, 2.45) is 0 Å². The van der Waals surface area contributed by atoms with Gasteiger partial charge < -0.3 is 20.5 Å². The first-order valence-corrected chi connectivity index (χ1v) is 8.04. The molecule has 2 aromatic carbocycles. The molecule has 0 atom stereocenters. The fraction of sp³-hybridized carbons (Fsp3) is 0.316. The lowest BCUT2D eigenvalue weighted by Gasteiger charge is -2.09. The standard InChI is InChI=1S/C19H24N2O3/c1-24-18-4-2-3-16(13-18)10-12-21-19(23)20-11-9-15-5-7-17(14-22)8-6-15/h2-8,13,22H,9-12,14H2,1H3,(H2,20,21,23). The molecule has 0 aromatic heterocycles. The van der Waals surface area contributed by atoms with Crippen LogP contribution < -0.4 is 15.4 Å². The van der Waals surface area contributed by atoms with Gasteiger partial charge in [0, 0.05) is 13.1 Å². The van der Waals surface area contributed by atoms with Gasteiger partial charge in [-0.2, -0.15) is 0 Å². The van der Waals surface area contributed by atoms with Gasteiger partial charge in [0.15, 0.2) is 0 Å². The topological polar surface area (TPSA) is 70.6 Å². The Balaban J connectivity index is 1.64. The van der Waals surface area contributed by atoms with Crippen LogP contribution in [0.4, 0.5) is 4.79 Å². The number of carbonyl (C=O) groups excluding carboxylic acids is 1. The summed E-state index contributed by atoms with van der Waals surface area (Å²) in [7, 11) is 1.64. The molecule has 5 nitrogen and oxygen atoms in total. The molecule has 0 radical (unpaired) electrons. The van der Waals surface area contributed by atoms with Gasteiger partial charge in [-0.05, 0) is 41.7 Å². The summed E-state index contributed by atoms with van der Waals surface area (Å²) in [5.74, 6) is 0.823. The highest BCUT2D eigenvalue weighted by molar-refractivity contribution is 5.73. The summed E-state index contributed by atoms with van der Waals surface area (Å²) in [5.41, 5.74) is 3.14. The van der Waals surface area contributed by atoms with E-state index in [9.17, 15) is 4.79 Å². The number of rotatable bonds is 8. The van der Waals surface area contributed by atoms with Crippen molar-refractivity contribution in [1.82, 2.24) is 10.6 Å². The van der Waals surface area contributed by atoms with Gasteiger partial charge in [0.1, 0.15) is 5.75 Å². The molecule has 3 N–H and O–H groups in total. The van der Waals surface area contributed by atoms with Gasteiger partial charge in [-0.15, -0.1) is 0 Å². The van der Waals surface area contributed by atoms with E-state index >= 15 is 0 Å². The zero-order valence-corrected chi connectivity index (χ0v) is 13.9. The average molecular weight is 328 g/mol. The Hall–Kier alpha value is -2.53. The number of carbonyl (C=O) groups is 1. The zero-order valence-electron chi connectivity index (χ0n) is 13.9. The van der Waals surface area contributed by atoms with Crippen LogP contribution in [0.3, 0.4) is 0 Å². The molecular weight excluding hydrogens is 304 g/mol. The fourth-order valence-corrected chi connectivity index (χ4v) is 2.34. The van der Waals surface area contributed by atoms with Crippen LogP contribution in [-0.4, -0.2) is 31.3 Å². The minimum Gasteiger partial charge on any atom is -0.497 e. The lowest BCUT2D eigenvalue weighted by molar-refractivity contribution is 0.241. The van der Waals surface area contributed by atoms with E-state index in [0.717, 1.165) is 35.3 Å². The van der Waals surface area contributed by atoms with Crippen LogP contribution in [0.15, 0.2) is 48.5 Å². The van der Waals surface area contributed by atoms with Crippen LogP contribution in [0.1, 0.15) is 16.7 Å². The highest BCUT2D eigenvalue weighted by Gasteiger charge is 2.01. The summed E-state index contributed by atoms with van der Waals surface area (Å²) >= 11 is 0. The van der Waals surface area contributed by atoms with Crippen LogP contribution in [0.5, 0.6) is 5.75 Å². The second-order valence-electron chi connectivity index (χ2n) is 5.51. The predicted octanol–water partition coefficient (Wildman–Crippen LogP) is 2.27. The second kappa shape index (κ2) is 9.57. The van der Waals surface area contributed by atoms with E-state index in [-0.39, 0.29) is 12.6 Å². The van der Waals surface area contributed by atoms with E-state index in [0.29, 0.717) is 13.1 Å². The smallest absolute Gasteiger partial charge is 0.314 e. The van der Waals surface area contributed by atoms with E-state index in [1.54, 1.807) is 7.11 Å². The molecule has 0 saturated carbocycles. The third-order valence-electron chi connectivity index (χ3n) is 3.74. The molecule has 0 bridgehead atoms. The fourth-order valence-electron chi connectivity index (χ4n) is 2.34. The molecule has 0 fully saturated rings. The molecule has 0 aliphatic carbocycles. The van der Waals surface area contributed by atoms with Crippen molar-refractivity contribution in [2.75, 3.05) is 20.2 Å². The maximum absolute atomic E-state index is 11.8. The molecular formula is C19H24N2O3. The third kappa shape index (κ3) is 5.93. The predicted molar refractivity (Wildman–Crippen MR) is 94.2 cm³/mol. The molecule has 5 heteroatoms. The summed E-state index contributed by atoms with van der Waals surface area (Å²) in [5, 5.41) is 14.7.